The van der Waals surface area contributed by atoms with Gasteiger partial charge in [0, 0.05) is 4.47 Å². The number of hydrogen-bond donors (Lipinski definition) is 1. The van der Waals surface area contributed by atoms with Crippen LogP contribution in [0.15, 0.2) is 52.5 Å². The predicted molar refractivity (Wildman–Crippen MR) is 103 cm³/mol. The number of halogens is 1. The van der Waals surface area contributed by atoms with Crippen molar-refractivity contribution in [3.05, 3.63) is 58.1 Å². The minimum atomic E-state index is -0.536. The molecule has 1 fully saturated rings. The smallest absolute Gasteiger partial charge is 0.270 e. The van der Waals surface area contributed by atoms with Gasteiger partial charge in [0.15, 0.2) is 16.6 Å². The molecule has 2 amide bonds. The Hall–Kier alpha value is -2.71. The number of benzene rings is 2. The van der Waals surface area contributed by atoms with Crippen molar-refractivity contribution in [3.8, 4) is 11.5 Å². The number of thiocarbonyl (C=S) groups is 1. The topological polar surface area (TPSA) is 67.9 Å². The first kappa shape index (κ1) is 16.7. The second-order valence-electron chi connectivity index (χ2n) is 5.55. The molecule has 0 spiro atoms. The molecule has 2 aliphatic heterocycles. The van der Waals surface area contributed by atoms with E-state index in [4.69, 9.17) is 21.7 Å². The zero-order valence-corrected chi connectivity index (χ0v) is 15.6. The summed E-state index contributed by atoms with van der Waals surface area (Å²) in [5.41, 5.74) is 1.21. The molecule has 0 aromatic heterocycles. The Morgan fingerprint density at radius 1 is 1.08 bits per heavy atom. The highest BCUT2D eigenvalue weighted by atomic mass is 79.9. The van der Waals surface area contributed by atoms with Crippen molar-refractivity contribution in [2.75, 3.05) is 11.7 Å². The van der Waals surface area contributed by atoms with E-state index in [1.807, 2.05) is 0 Å². The Labute approximate surface area is 162 Å². The minimum Gasteiger partial charge on any atom is -0.454 e. The van der Waals surface area contributed by atoms with Gasteiger partial charge in [-0.1, -0.05) is 22.0 Å². The molecule has 6 nitrogen and oxygen atoms in total. The Balaban J connectivity index is 1.71. The largest absolute Gasteiger partial charge is 0.454 e. The lowest BCUT2D eigenvalue weighted by atomic mass is 10.1. The Kier molecular flexibility index (Phi) is 4.21. The molecule has 2 aromatic rings. The molecule has 8 heteroatoms. The quantitative estimate of drug-likeness (QED) is 0.450. The number of fused-ring (bicyclic) bond motifs is 1. The lowest BCUT2D eigenvalue weighted by molar-refractivity contribution is -0.122. The molecule has 0 saturated carbocycles. The fourth-order valence-corrected chi connectivity index (χ4v) is 3.20. The van der Waals surface area contributed by atoms with Crippen LogP contribution in [0.1, 0.15) is 5.56 Å². The molecule has 0 atom stereocenters. The van der Waals surface area contributed by atoms with Crippen molar-refractivity contribution in [2.45, 2.75) is 0 Å². The van der Waals surface area contributed by atoms with Crippen molar-refractivity contribution >= 4 is 56.8 Å². The average molecular weight is 431 g/mol. The summed E-state index contributed by atoms with van der Waals surface area (Å²) in [5.74, 6) is 0.178. The van der Waals surface area contributed by atoms with Crippen molar-refractivity contribution in [2.24, 2.45) is 0 Å². The van der Waals surface area contributed by atoms with Gasteiger partial charge in [0.25, 0.3) is 11.8 Å². The fraction of sp³-hybridized carbons (Fsp3) is 0.0556. The van der Waals surface area contributed by atoms with Gasteiger partial charge in [-0.25, -0.2) is 0 Å². The van der Waals surface area contributed by atoms with E-state index in [1.54, 1.807) is 42.5 Å². The van der Waals surface area contributed by atoms with Crippen LogP contribution in [0, 0.1) is 0 Å². The first-order valence-corrected chi connectivity index (χ1v) is 8.80. The number of anilines is 1. The highest BCUT2D eigenvalue weighted by molar-refractivity contribution is 9.10. The van der Waals surface area contributed by atoms with Gasteiger partial charge in [0.2, 0.25) is 6.79 Å². The molecule has 0 unspecified atom stereocenters. The molecule has 2 aromatic carbocycles. The van der Waals surface area contributed by atoms with E-state index < -0.39 is 11.8 Å². The summed E-state index contributed by atoms with van der Waals surface area (Å²) >= 11 is 8.53. The SMILES string of the molecule is O=C1NC(=S)N(c2ccc(Br)cc2)C(=O)/C1=C/c1ccc2c(c1)OCO2. The van der Waals surface area contributed by atoms with Crippen molar-refractivity contribution < 1.29 is 19.1 Å². The van der Waals surface area contributed by atoms with Gasteiger partial charge in [-0.2, -0.15) is 0 Å². The molecule has 130 valence electrons. The van der Waals surface area contributed by atoms with Crippen LogP contribution in [-0.4, -0.2) is 23.7 Å². The number of carbonyl (C=O) groups is 2. The highest BCUT2D eigenvalue weighted by Crippen LogP contribution is 2.33. The van der Waals surface area contributed by atoms with Crippen LogP contribution in [0.5, 0.6) is 11.5 Å². The Bertz CT molecular complexity index is 972. The minimum absolute atomic E-state index is 0.0135. The van der Waals surface area contributed by atoms with Gasteiger partial charge in [-0.15, -0.1) is 0 Å². The van der Waals surface area contributed by atoms with E-state index in [0.29, 0.717) is 22.7 Å². The molecule has 0 aliphatic carbocycles. The fourth-order valence-electron chi connectivity index (χ4n) is 2.65. The zero-order valence-electron chi connectivity index (χ0n) is 13.2. The first-order chi connectivity index (χ1) is 12.5. The van der Waals surface area contributed by atoms with Crippen molar-refractivity contribution in [1.29, 1.82) is 0 Å². The van der Waals surface area contributed by atoms with E-state index in [9.17, 15) is 9.59 Å². The number of nitrogens with one attached hydrogen (secondary N) is 1. The summed E-state index contributed by atoms with van der Waals surface area (Å²) in [5, 5.41) is 2.60. The molecule has 26 heavy (non-hydrogen) atoms. The molecule has 1 N–H and O–H groups in total. The maximum Gasteiger partial charge on any atom is 0.270 e. The molecule has 0 bridgehead atoms. The first-order valence-electron chi connectivity index (χ1n) is 7.59. The van der Waals surface area contributed by atoms with Crippen LogP contribution in [0.25, 0.3) is 6.08 Å². The molecular formula is C18H11BrN2O4S. The summed E-state index contributed by atoms with van der Waals surface area (Å²) in [7, 11) is 0. The number of amides is 2. The number of rotatable bonds is 2. The molecular weight excluding hydrogens is 420 g/mol. The van der Waals surface area contributed by atoms with Crippen LogP contribution >= 0.6 is 28.1 Å². The van der Waals surface area contributed by atoms with Gasteiger partial charge in [-0.3, -0.25) is 19.8 Å². The summed E-state index contributed by atoms with van der Waals surface area (Å²) in [6, 6.07) is 12.3. The van der Waals surface area contributed by atoms with E-state index in [0.717, 1.165) is 4.47 Å². The van der Waals surface area contributed by atoms with E-state index in [-0.39, 0.29) is 17.5 Å². The second kappa shape index (κ2) is 6.54. The lowest BCUT2D eigenvalue weighted by Gasteiger charge is -2.29. The van der Waals surface area contributed by atoms with Crippen LogP contribution in [0.4, 0.5) is 5.69 Å². The standard InChI is InChI=1S/C18H11BrN2O4S/c19-11-2-4-12(5-3-11)21-17(23)13(16(22)20-18(21)26)7-10-1-6-14-15(8-10)25-9-24-14/h1-8H,9H2,(H,20,22,26)/b13-7+. The predicted octanol–water partition coefficient (Wildman–Crippen LogP) is 3.01. The van der Waals surface area contributed by atoms with Crippen LogP contribution in [0.3, 0.4) is 0 Å². The average Bonchev–Trinajstić information content (AvgIpc) is 3.08. The second-order valence-corrected chi connectivity index (χ2v) is 6.85. The number of nitrogens with zero attached hydrogens (tertiary/aromatic N) is 1. The van der Waals surface area contributed by atoms with E-state index >= 15 is 0 Å². The van der Waals surface area contributed by atoms with E-state index in [2.05, 4.69) is 21.2 Å². The van der Waals surface area contributed by atoms with Gasteiger partial charge in [0.1, 0.15) is 5.57 Å². The number of carbonyl (C=O) groups excluding carboxylic acids is 2. The molecule has 1 saturated heterocycles. The molecule has 2 heterocycles. The van der Waals surface area contributed by atoms with Gasteiger partial charge in [0.05, 0.1) is 5.69 Å². The Morgan fingerprint density at radius 2 is 1.81 bits per heavy atom. The van der Waals surface area contributed by atoms with Crippen molar-refractivity contribution in [1.82, 2.24) is 5.32 Å². The summed E-state index contributed by atoms with van der Waals surface area (Å²) in [6.07, 6.45) is 1.51. The molecule has 4 rings (SSSR count). The van der Waals surface area contributed by atoms with Crippen LogP contribution in [-0.2, 0) is 9.59 Å². The van der Waals surface area contributed by atoms with Gasteiger partial charge < -0.3 is 9.47 Å². The highest BCUT2D eigenvalue weighted by Gasteiger charge is 2.34. The summed E-state index contributed by atoms with van der Waals surface area (Å²) < 4.78 is 11.5. The lowest BCUT2D eigenvalue weighted by Crippen LogP contribution is -2.54. The molecule has 2 aliphatic rings. The number of ether oxygens (including phenoxy) is 2. The Morgan fingerprint density at radius 3 is 2.58 bits per heavy atom. The monoisotopic (exact) mass is 430 g/mol. The van der Waals surface area contributed by atoms with Crippen molar-refractivity contribution in [3.63, 3.8) is 0 Å². The molecule has 0 radical (unpaired) electrons. The third-order valence-electron chi connectivity index (χ3n) is 3.89. The summed E-state index contributed by atoms with van der Waals surface area (Å²) in [4.78, 5) is 26.5. The van der Waals surface area contributed by atoms with Crippen LogP contribution < -0.4 is 19.7 Å². The third-order valence-corrected chi connectivity index (χ3v) is 4.71. The maximum atomic E-state index is 12.9. The normalized spacial score (nSPS) is 17.7. The maximum absolute atomic E-state index is 12.9. The van der Waals surface area contributed by atoms with Gasteiger partial charge >= 0.3 is 0 Å². The van der Waals surface area contributed by atoms with Crippen LogP contribution in [0.2, 0.25) is 0 Å². The summed E-state index contributed by atoms with van der Waals surface area (Å²) in [6.45, 7) is 0.153. The van der Waals surface area contributed by atoms with Gasteiger partial charge in [-0.05, 0) is 60.3 Å². The number of hydrogen-bond acceptors (Lipinski definition) is 5. The van der Waals surface area contributed by atoms with E-state index in [1.165, 1.54) is 11.0 Å². The third kappa shape index (κ3) is 2.97. The zero-order chi connectivity index (χ0) is 18.3.